The first kappa shape index (κ1) is 15.7. The highest BCUT2D eigenvalue weighted by atomic mass is 16.5. The lowest BCUT2D eigenvalue weighted by atomic mass is 10.1. The van der Waals surface area contributed by atoms with Gasteiger partial charge in [0.1, 0.15) is 0 Å². The quantitative estimate of drug-likeness (QED) is 0.699. The smallest absolute Gasteiger partial charge is 0.238 e. The third-order valence-electron chi connectivity index (χ3n) is 3.35. The Bertz CT molecular complexity index is 835. The molecule has 0 aliphatic rings. The average molecular weight is 325 g/mol. The number of anilines is 1. The summed E-state index contributed by atoms with van der Waals surface area (Å²) in [6.45, 7) is 1.50. The highest BCUT2D eigenvalue weighted by Gasteiger charge is 2.12. The number of nitrogens with zero attached hydrogens (tertiary/aromatic N) is 2. The van der Waals surface area contributed by atoms with Gasteiger partial charge >= 0.3 is 0 Å². The molecule has 7 nitrogen and oxygen atoms in total. The molecule has 2 heterocycles. The molecule has 1 N–H and O–H groups in total. The minimum Gasteiger partial charge on any atom is -0.461 e. The number of aromatic nitrogens is 2. The van der Waals surface area contributed by atoms with E-state index >= 15 is 0 Å². The summed E-state index contributed by atoms with van der Waals surface area (Å²) in [6.07, 6.45) is 2.05. The average Bonchev–Trinajstić information content (AvgIpc) is 3.25. The van der Waals surface area contributed by atoms with E-state index in [2.05, 4.69) is 15.5 Å². The molecule has 0 saturated carbocycles. The van der Waals surface area contributed by atoms with Crippen molar-refractivity contribution >= 4 is 17.4 Å². The second-order valence-corrected chi connectivity index (χ2v) is 5.17. The van der Waals surface area contributed by atoms with E-state index < -0.39 is 0 Å². The lowest BCUT2D eigenvalue weighted by molar-refractivity contribution is -0.116. The topological polar surface area (TPSA) is 98.2 Å². The van der Waals surface area contributed by atoms with Crippen LogP contribution in [-0.4, -0.2) is 21.8 Å². The van der Waals surface area contributed by atoms with E-state index in [1.54, 1.807) is 36.4 Å². The largest absolute Gasteiger partial charge is 0.461 e. The summed E-state index contributed by atoms with van der Waals surface area (Å²) in [5.74, 6) is 1.04. The molecule has 3 aromatic rings. The molecule has 3 rings (SSSR count). The number of benzene rings is 1. The molecular weight excluding hydrogens is 310 g/mol. The van der Waals surface area contributed by atoms with Gasteiger partial charge in [0.2, 0.25) is 17.6 Å². The van der Waals surface area contributed by atoms with Crippen LogP contribution in [0.15, 0.2) is 51.6 Å². The van der Waals surface area contributed by atoms with Gasteiger partial charge in [0.15, 0.2) is 11.5 Å². The molecular formula is C17H15N3O4. The SMILES string of the molecule is CC(=O)c1ccc(NC(=O)CCc2nc(-c3ccco3)no2)cc1. The van der Waals surface area contributed by atoms with Crippen molar-refractivity contribution in [2.45, 2.75) is 19.8 Å². The minimum absolute atomic E-state index is 0.0170. The molecule has 0 saturated heterocycles. The van der Waals surface area contributed by atoms with Crippen molar-refractivity contribution in [3.63, 3.8) is 0 Å². The van der Waals surface area contributed by atoms with Crippen molar-refractivity contribution in [3.05, 3.63) is 54.1 Å². The van der Waals surface area contributed by atoms with Crippen LogP contribution in [0.2, 0.25) is 0 Å². The highest BCUT2D eigenvalue weighted by molar-refractivity contribution is 5.95. The summed E-state index contributed by atoms with van der Waals surface area (Å²) in [6, 6.07) is 10.2. The molecule has 0 radical (unpaired) electrons. The fourth-order valence-electron chi connectivity index (χ4n) is 2.09. The summed E-state index contributed by atoms with van der Waals surface area (Å²) >= 11 is 0. The molecule has 0 spiro atoms. The molecule has 1 amide bonds. The van der Waals surface area contributed by atoms with E-state index in [9.17, 15) is 9.59 Å². The maximum absolute atomic E-state index is 12.0. The fourth-order valence-corrected chi connectivity index (χ4v) is 2.09. The number of amides is 1. The molecule has 122 valence electrons. The highest BCUT2D eigenvalue weighted by Crippen LogP contribution is 2.16. The predicted octanol–water partition coefficient (Wildman–Crippen LogP) is 3.10. The van der Waals surface area contributed by atoms with Gasteiger partial charge in [0.05, 0.1) is 6.26 Å². The van der Waals surface area contributed by atoms with Crippen molar-refractivity contribution < 1.29 is 18.5 Å². The number of nitrogens with one attached hydrogen (secondary N) is 1. The van der Waals surface area contributed by atoms with Crippen molar-refractivity contribution in [3.8, 4) is 11.6 Å². The number of aryl methyl sites for hydroxylation is 1. The Hall–Kier alpha value is -3.22. The number of rotatable bonds is 6. The predicted molar refractivity (Wildman–Crippen MR) is 85.4 cm³/mol. The number of hydrogen-bond donors (Lipinski definition) is 1. The van der Waals surface area contributed by atoms with Crippen LogP contribution in [-0.2, 0) is 11.2 Å². The molecule has 0 aliphatic heterocycles. The van der Waals surface area contributed by atoms with E-state index in [0.717, 1.165) is 0 Å². The summed E-state index contributed by atoms with van der Waals surface area (Å²) in [7, 11) is 0. The molecule has 0 atom stereocenters. The van der Waals surface area contributed by atoms with Crippen LogP contribution < -0.4 is 5.32 Å². The van der Waals surface area contributed by atoms with Gasteiger partial charge in [0.25, 0.3) is 0 Å². The van der Waals surface area contributed by atoms with Gasteiger partial charge in [0, 0.05) is 24.1 Å². The fraction of sp³-hybridized carbons (Fsp3) is 0.176. The number of furan rings is 1. The Balaban J connectivity index is 1.53. The molecule has 1 aromatic carbocycles. The first-order chi connectivity index (χ1) is 11.6. The molecule has 2 aromatic heterocycles. The van der Waals surface area contributed by atoms with Gasteiger partial charge in [-0.05, 0) is 43.3 Å². The van der Waals surface area contributed by atoms with E-state index in [0.29, 0.717) is 35.1 Å². The van der Waals surface area contributed by atoms with Crippen LogP contribution in [0.3, 0.4) is 0 Å². The van der Waals surface area contributed by atoms with Crippen molar-refractivity contribution in [2.24, 2.45) is 0 Å². The van der Waals surface area contributed by atoms with E-state index in [1.165, 1.54) is 13.2 Å². The molecule has 0 bridgehead atoms. The molecule has 0 aliphatic carbocycles. The van der Waals surface area contributed by atoms with Gasteiger partial charge in [-0.25, -0.2) is 0 Å². The molecule has 7 heteroatoms. The Kier molecular flexibility index (Phi) is 4.51. The molecule has 0 unspecified atom stereocenters. The van der Waals surface area contributed by atoms with E-state index in [-0.39, 0.29) is 18.1 Å². The number of hydrogen-bond acceptors (Lipinski definition) is 6. The van der Waals surface area contributed by atoms with Crippen LogP contribution in [0.25, 0.3) is 11.6 Å². The van der Waals surface area contributed by atoms with Crippen LogP contribution in [0.4, 0.5) is 5.69 Å². The van der Waals surface area contributed by atoms with Crippen LogP contribution in [0.1, 0.15) is 29.6 Å². The van der Waals surface area contributed by atoms with Gasteiger partial charge in [-0.15, -0.1) is 0 Å². The summed E-state index contributed by atoms with van der Waals surface area (Å²) < 4.78 is 10.3. The van der Waals surface area contributed by atoms with Gasteiger partial charge in [-0.3, -0.25) is 9.59 Å². The van der Waals surface area contributed by atoms with Crippen molar-refractivity contribution in [2.75, 3.05) is 5.32 Å². The zero-order valence-electron chi connectivity index (χ0n) is 13.0. The zero-order valence-corrected chi connectivity index (χ0v) is 13.0. The third-order valence-corrected chi connectivity index (χ3v) is 3.35. The lowest BCUT2D eigenvalue weighted by Gasteiger charge is -2.04. The van der Waals surface area contributed by atoms with Crippen LogP contribution in [0.5, 0.6) is 0 Å². The van der Waals surface area contributed by atoms with Crippen LogP contribution >= 0.6 is 0 Å². The summed E-state index contributed by atoms with van der Waals surface area (Å²) in [4.78, 5) is 27.3. The maximum atomic E-state index is 12.0. The van der Waals surface area contributed by atoms with E-state index in [1.807, 2.05) is 0 Å². The van der Waals surface area contributed by atoms with Gasteiger partial charge in [-0.2, -0.15) is 4.98 Å². The number of carbonyl (C=O) groups is 2. The Labute approximate surface area is 137 Å². The monoisotopic (exact) mass is 325 g/mol. The number of ketones is 1. The minimum atomic E-state index is -0.177. The number of carbonyl (C=O) groups excluding carboxylic acids is 2. The Morgan fingerprint density at radius 3 is 2.62 bits per heavy atom. The molecule has 24 heavy (non-hydrogen) atoms. The lowest BCUT2D eigenvalue weighted by Crippen LogP contribution is -2.12. The zero-order chi connectivity index (χ0) is 16.9. The summed E-state index contributed by atoms with van der Waals surface area (Å²) in [5, 5.41) is 6.56. The van der Waals surface area contributed by atoms with Crippen molar-refractivity contribution in [1.82, 2.24) is 10.1 Å². The van der Waals surface area contributed by atoms with Gasteiger partial charge < -0.3 is 14.3 Å². The molecule has 0 fully saturated rings. The maximum Gasteiger partial charge on any atom is 0.238 e. The first-order valence-electron chi connectivity index (χ1n) is 7.39. The van der Waals surface area contributed by atoms with Crippen molar-refractivity contribution in [1.29, 1.82) is 0 Å². The number of Topliss-reactive ketones (excluding diaryl/α,β-unsaturated/α-hetero) is 1. The standard InChI is InChI=1S/C17H15N3O4/c1-11(21)12-4-6-13(7-5-12)18-15(22)8-9-16-19-17(20-24-16)14-3-2-10-23-14/h2-7,10H,8-9H2,1H3,(H,18,22). The summed E-state index contributed by atoms with van der Waals surface area (Å²) in [5.41, 5.74) is 1.23. The van der Waals surface area contributed by atoms with Gasteiger partial charge in [-0.1, -0.05) is 5.16 Å². The third kappa shape index (κ3) is 3.75. The second-order valence-electron chi connectivity index (χ2n) is 5.17. The first-order valence-corrected chi connectivity index (χ1v) is 7.39. The van der Waals surface area contributed by atoms with E-state index in [4.69, 9.17) is 8.94 Å². The Morgan fingerprint density at radius 2 is 1.96 bits per heavy atom. The van der Waals surface area contributed by atoms with Crippen LogP contribution in [0, 0.1) is 0 Å². The second kappa shape index (κ2) is 6.91. The Morgan fingerprint density at radius 1 is 1.17 bits per heavy atom. The normalized spacial score (nSPS) is 10.5.